The van der Waals surface area contributed by atoms with Crippen LogP contribution in [0, 0.1) is 0 Å². The quantitative estimate of drug-likeness (QED) is 0.400. The van der Waals surface area contributed by atoms with Crippen molar-refractivity contribution >= 4 is 38.9 Å². The largest absolute Gasteiger partial charge is 0.279 e. The van der Waals surface area contributed by atoms with Crippen molar-refractivity contribution < 1.29 is 18.0 Å². The highest BCUT2D eigenvalue weighted by atomic mass is 32.2. The van der Waals surface area contributed by atoms with Crippen molar-refractivity contribution in [1.82, 2.24) is 10.9 Å². The van der Waals surface area contributed by atoms with Gasteiger partial charge in [-0.05, 0) is 42.6 Å². The molecule has 2 rings (SSSR count). The van der Waals surface area contributed by atoms with Crippen LogP contribution < -0.4 is 15.6 Å². The van der Waals surface area contributed by atoms with Crippen molar-refractivity contribution in [2.45, 2.75) is 11.1 Å². The average molecular weight is 391 g/mol. The number of hydrogen-bond donors (Lipinski definition) is 3. The average Bonchev–Trinajstić information content (AvgIpc) is 3.16. The van der Waals surface area contributed by atoms with Gasteiger partial charge in [0.15, 0.2) is 0 Å². The van der Waals surface area contributed by atoms with E-state index in [4.69, 9.17) is 0 Å². The van der Waals surface area contributed by atoms with Crippen LogP contribution in [0.15, 0.2) is 70.3 Å². The van der Waals surface area contributed by atoms with E-state index in [1.54, 1.807) is 23.6 Å². The zero-order valence-corrected chi connectivity index (χ0v) is 15.4. The van der Waals surface area contributed by atoms with Gasteiger partial charge in [-0.1, -0.05) is 24.3 Å². The summed E-state index contributed by atoms with van der Waals surface area (Å²) < 4.78 is 26.9. The summed E-state index contributed by atoms with van der Waals surface area (Å²) in [4.78, 5) is 23.4. The van der Waals surface area contributed by atoms with Crippen LogP contribution in [0.1, 0.15) is 17.3 Å². The lowest BCUT2D eigenvalue weighted by atomic mass is 10.2. The van der Waals surface area contributed by atoms with Crippen molar-refractivity contribution in [3.63, 3.8) is 0 Å². The zero-order chi connectivity index (χ0) is 19.0. The molecule has 1 aromatic carbocycles. The van der Waals surface area contributed by atoms with E-state index in [-0.39, 0.29) is 9.77 Å². The Morgan fingerprint density at radius 1 is 1.04 bits per heavy atom. The molecule has 2 aromatic rings. The van der Waals surface area contributed by atoms with Crippen LogP contribution in [0.4, 0.5) is 5.69 Å². The Hall–Kier alpha value is -2.91. The molecule has 0 unspecified atom stereocenters. The second-order valence-corrected chi connectivity index (χ2v) is 7.80. The fourth-order valence-corrected chi connectivity index (χ4v) is 3.85. The van der Waals surface area contributed by atoms with Crippen LogP contribution in [0.2, 0.25) is 0 Å². The number of rotatable bonds is 6. The van der Waals surface area contributed by atoms with Gasteiger partial charge in [0.25, 0.3) is 21.8 Å². The Labute approximate surface area is 155 Å². The minimum absolute atomic E-state index is 0.202. The molecule has 0 fully saturated rings. The first-order valence-corrected chi connectivity index (χ1v) is 9.85. The third-order valence-electron chi connectivity index (χ3n) is 3.01. The first kappa shape index (κ1) is 19.4. The molecule has 3 N–H and O–H groups in total. The number of sulfonamides is 1. The Morgan fingerprint density at radius 2 is 1.77 bits per heavy atom. The van der Waals surface area contributed by atoms with Gasteiger partial charge in [0.05, 0.1) is 0 Å². The van der Waals surface area contributed by atoms with Gasteiger partial charge in [-0.3, -0.25) is 25.2 Å². The first-order valence-electron chi connectivity index (χ1n) is 7.48. The van der Waals surface area contributed by atoms with Crippen LogP contribution >= 0.6 is 11.3 Å². The third kappa shape index (κ3) is 5.57. The normalized spacial score (nSPS) is 11.6. The molecule has 0 atom stereocenters. The maximum atomic E-state index is 12.1. The number of benzene rings is 1. The molecule has 136 valence electrons. The summed E-state index contributed by atoms with van der Waals surface area (Å²) in [5, 5.41) is 1.67. The minimum atomic E-state index is -3.64. The second-order valence-electron chi connectivity index (χ2n) is 4.94. The predicted octanol–water partition coefficient (Wildman–Crippen LogP) is 2.44. The molecule has 0 spiro atoms. The van der Waals surface area contributed by atoms with Crippen LogP contribution in [0.25, 0.3) is 0 Å². The Morgan fingerprint density at radius 3 is 2.38 bits per heavy atom. The molecule has 0 aliphatic carbocycles. The number of carbonyl (C=O) groups is 2. The Kier molecular flexibility index (Phi) is 6.70. The number of hydrogen-bond acceptors (Lipinski definition) is 5. The van der Waals surface area contributed by atoms with E-state index in [2.05, 4.69) is 15.6 Å². The minimum Gasteiger partial charge on any atom is -0.279 e. The summed E-state index contributed by atoms with van der Waals surface area (Å²) in [5.74, 6) is -0.998. The van der Waals surface area contributed by atoms with E-state index in [1.165, 1.54) is 42.5 Å². The van der Waals surface area contributed by atoms with Crippen molar-refractivity contribution in [2.75, 3.05) is 4.72 Å². The highest BCUT2D eigenvalue weighted by Crippen LogP contribution is 2.20. The lowest BCUT2D eigenvalue weighted by Gasteiger charge is -2.08. The molecular formula is C17H17N3O4S2. The van der Waals surface area contributed by atoms with Gasteiger partial charge < -0.3 is 0 Å². The zero-order valence-electron chi connectivity index (χ0n) is 13.8. The van der Waals surface area contributed by atoms with E-state index in [0.29, 0.717) is 5.69 Å². The number of anilines is 1. The molecule has 2 amide bonds. The van der Waals surface area contributed by atoms with E-state index >= 15 is 0 Å². The van der Waals surface area contributed by atoms with E-state index in [9.17, 15) is 18.0 Å². The SMILES string of the molecule is CC=CC=CC(=O)NNC(=O)c1ccc(NS(=O)(=O)c2cccs2)cc1. The number of thiophene rings is 1. The smallest absolute Gasteiger partial charge is 0.271 e. The van der Waals surface area contributed by atoms with Crippen LogP contribution in [0.5, 0.6) is 0 Å². The lowest BCUT2D eigenvalue weighted by molar-refractivity contribution is -0.117. The molecule has 9 heteroatoms. The first-order chi connectivity index (χ1) is 12.4. The van der Waals surface area contributed by atoms with Gasteiger partial charge in [-0.2, -0.15) is 0 Å². The monoisotopic (exact) mass is 391 g/mol. The molecule has 1 aromatic heterocycles. The summed E-state index contributed by atoms with van der Waals surface area (Å²) in [6, 6.07) is 8.98. The fraction of sp³-hybridized carbons (Fsp3) is 0.0588. The number of amides is 2. The number of hydrazine groups is 1. The van der Waals surface area contributed by atoms with E-state index < -0.39 is 21.8 Å². The maximum absolute atomic E-state index is 12.1. The van der Waals surface area contributed by atoms with Gasteiger partial charge in [0.2, 0.25) is 0 Å². The lowest BCUT2D eigenvalue weighted by Crippen LogP contribution is -2.40. The molecule has 0 radical (unpaired) electrons. The summed E-state index contributed by atoms with van der Waals surface area (Å²) in [7, 11) is -3.64. The molecule has 0 aliphatic heterocycles. The van der Waals surface area contributed by atoms with Gasteiger partial charge in [0.1, 0.15) is 4.21 Å². The van der Waals surface area contributed by atoms with E-state index in [0.717, 1.165) is 11.3 Å². The summed E-state index contributed by atoms with van der Waals surface area (Å²) in [6.45, 7) is 1.81. The summed E-state index contributed by atoms with van der Waals surface area (Å²) in [6.07, 6.45) is 6.24. The molecule has 0 aliphatic rings. The standard InChI is InChI=1S/C17H17N3O4S2/c1-2-3-4-6-15(21)18-19-17(22)13-8-10-14(11-9-13)20-26(23,24)16-7-5-12-25-16/h2-12,20H,1H3,(H,18,21)(H,19,22). The van der Waals surface area contributed by atoms with Crippen LogP contribution in [0.3, 0.4) is 0 Å². The predicted molar refractivity (Wildman–Crippen MR) is 101 cm³/mol. The molecule has 1 heterocycles. The van der Waals surface area contributed by atoms with Crippen molar-refractivity contribution in [1.29, 1.82) is 0 Å². The van der Waals surface area contributed by atoms with Gasteiger partial charge in [-0.15, -0.1) is 11.3 Å². The van der Waals surface area contributed by atoms with Gasteiger partial charge in [-0.25, -0.2) is 8.42 Å². The van der Waals surface area contributed by atoms with Crippen LogP contribution in [-0.4, -0.2) is 20.2 Å². The Balaban J connectivity index is 1.94. The molecule has 26 heavy (non-hydrogen) atoms. The van der Waals surface area contributed by atoms with Crippen LogP contribution in [-0.2, 0) is 14.8 Å². The molecular weight excluding hydrogens is 374 g/mol. The number of allylic oxidation sites excluding steroid dienone is 3. The fourth-order valence-electron chi connectivity index (χ4n) is 1.80. The second kappa shape index (κ2) is 8.97. The highest BCUT2D eigenvalue weighted by molar-refractivity contribution is 7.94. The molecule has 7 nitrogen and oxygen atoms in total. The molecule has 0 saturated heterocycles. The van der Waals surface area contributed by atoms with Gasteiger partial charge >= 0.3 is 0 Å². The highest BCUT2D eigenvalue weighted by Gasteiger charge is 2.15. The van der Waals surface area contributed by atoms with Crippen molar-refractivity contribution in [2.24, 2.45) is 0 Å². The number of nitrogens with one attached hydrogen (secondary N) is 3. The molecule has 0 bridgehead atoms. The summed E-state index contributed by atoms with van der Waals surface area (Å²) in [5.41, 5.74) is 5.10. The summed E-state index contributed by atoms with van der Waals surface area (Å²) >= 11 is 1.11. The van der Waals surface area contributed by atoms with Crippen molar-refractivity contribution in [3.8, 4) is 0 Å². The third-order valence-corrected chi connectivity index (χ3v) is 5.79. The van der Waals surface area contributed by atoms with Gasteiger partial charge in [0, 0.05) is 17.3 Å². The topological polar surface area (TPSA) is 104 Å². The number of carbonyl (C=O) groups excluding carboxylic acids is 2. The maximum Gasteiger partial charge on any atom is 0.271 e. The molecule has 0 saturated carbocycles. The Bertz CT molecular complexity index is 915. The van der Waals surface area contributed by atoms with E-state index in [1.807, 2.05) is 6.92 Å². The van der Waals surface area contributed by atoms with Crippen molar-refractivity contribution in [3.05, 3.63) is 71.6 Å².